The number of nitrogens with two attached hydrogens (primary N) is 1. The molecule has 3 N–H and O–H groups in total. The molecule has 4 nitrogen and oxygen atoms in total. The second-order valence-electron chi connectivity index (χ2n) is 4.82. The molecular formula is C16H20FN3OS. The fraction of sp³-hybridized carbons (Fsp3) is 0.250. The topological polar surface area (TPSA) is 64.3 Å². The maximum Gasteiger partial charge on any atom is 0.173 e. The van der Waals surface area contributed by atoms with E-state index >= 15 is 0 Å². The average Bonchev–Trinajstić information content (AvgIpc) is 2.58. The van der Waals surface area contributed by atoms with E-state index in [2.05, 4.69) is 10.2 Å². The fourth-order valence-electron chi connectivity index (χ4n) is 2.13. The second-order valence-corrected chi connectivity index (χ2v) is 5.89. The molecule has 22 heavy (non-hydrogen) atoms. The summed E-state index contributed by atoms with van der Waals surface area (Å²) in [5.74, 6) is -0.168. The van der Waals surface area contributed by atoms with Gasteiger partial charge in [-0.15, -0.1) is 5.14 Å². The van der Waals surface area contributed by atoms with E-state index in [0.717, 1.165) is 31.9 Å². The molecule has 1 fully saturated rings. The standard InChI is InChI=1S/C10H13FN2.C6H7NOS/c11-9-1-3-10(4-2-9)13-7-5-12-6-8-13;7-9(8)6-4-2-1-3-5-6/h1-4,12H,5-8H2;1-5H,7H2. The van der Waals surface area contributed by atoms with Crippen LogP contribution < -0.4 is 15.4 Å². The molecule has 1 aliphatic heterocycles. The molecule has 1 saturated heterocycles. The van der Waals surface area contributed by atoms with Crippen molar-refractivity contribution in [2.24, 2.45) is 5.14 Å². The van der Waals surface area contributed by atoms with E-state index in [-0.39, 0.29) is 5.82 Å². The highest BCUT2D eigenvalue weighted by Gasteiger charge is 2.09. The van der Waals surface area contributed by atoms with Gasteiger partial charge in [-0.05, 0) is 36.4 Å². The highest BCUT2D eigenvalue weighted by Crippen LogP contribution is 2.14. The molecule has 0 aliphatic carbocycles. The molecule has 0 saturated carbocycles. The van der Waals surface area contributed by atoms with Gasteiger partial charge in [0.25, 0.3) is 0 Å². The Kier molecular flexibility index (Phi) is 6.67. The predicted molar refractivity (Wildman–Crippen MR) is 88.5 cm³/mol. The molecule has 1 aliphatic rings. The summed E-state index contributed by atoms with van der Waals surface area (Å²) in [5, 5.41) is 8.37. The number of hydrogen-bond acceptors (Lipinski definition) is 4. The molecule has 6 heteroatoms. The van der Waals surface area contributed by atoms with Crippen molar-refractivity contribution in [2.75, 3.05) is 31.1 Å². The van der Waals surface area contributed by atoms with Crippen LogP contribution >= 0.6 is 0 Å². The van der Waals surface area contributed by atoms with E-state index in [1.165, 1.54) is 12.1 Å². The Labute approximate surface area is 133 Å². The highest BCUT2D eigenvalue weighted by molar-refractivity contribution is 7.89. The van der Waals surface area contributed by atoms with Crippen LogP contribution in [0.1, 0.15) is 0 Å². The number of piperazine rings is 1. The number of nitrogens with zero attached hydrogens (tertiary/aromatic N) is 1. The number of rotatable bonds is 2. The van der Waals surface area contributed by atoms with E-state index in [0.29, 0.717) is 4.90 Å². The van der Waals surface area contributed by atoms with Crippen LogP contribution in [0.25, 0.3) is 0 Å². The SMILES string of the molecule is Fc1ccc(N2CCNCC2)cc1.N[S+]([O-])c1ccccc1. The maximum atomic E-state index is 12.6. The Balaban J connectivity index is 0.000000172. The first kappa shape index (κ1) is 16.8. The van der Waals surface area contributed by atoms with Crippen LogP contribution in [0, 0.1) is 5.82 Å². The van der Waals surface area contributed by atoms with Gasteiger partial charge in [-0.3, -0.25) is 0 Å². The summed E-state index contributed by atoms with van der Waals surface area (Å²) in [7, 11) is 0. The normalized spacial score (nSPS) is 15.7. The summed E-state index contributed by atoms with van der Waals surface area (Å²) in [6.07, 6.45) is 0. The molecule has 0 aromatic heterocycles. The van der Waals surface area contributed by atoms with Gasteiger partial charge in [-0.25, -0.2) is 4.39 Å². The number of benzene rings is 2. The van der Waals surface area contributed by atoms with Crippen molar-refractivity contribution in [2.45, 2.75) is 4.90 Å². The number of nitrogens with one attached hydrogen (secondary N) is 1. The van der Waals surface area contributed by atoms with Crippen LogP contribution in [0.15, 0.2) is 59.5 Å². The van der Waals surface area contributed by atoms with Crippen LogP contribution in [0.4, 0.5) is 10.1 Å². The smallest absolute Gasteiger partial charge is 0.173 e. The fourth-order valence-corrected chi connectivity index (χ4v) is 2.55. The van der Waals surface area contributed by atoms with Crippen LogP contribution in [0.3, 0.4) is 0 Å². The van der Waals surface area contributed by atoms with E-state index in [1.54, 1.807) is 24.3 Å². The summed E-state index contributed by atoms with van der Waals surface area (Å²) < 4.78 is 23.2. The van der Waals surface area contributed by atoms with E-state index < -0.39 is 11.4 Å². The molecule has 2 aromatic carbocycles. The largest absolute Gasteiger partial charge is 0.593 e. The lowest BCUT2D eigenvalue weighted by Gasteiger charge is -2.29. The van der Waals surface area contributed by atoms with Crippen molar-refractivity contribution in [3.05, 3.63) is 60.4 Å². The van der Waals surface area contributed by atoms with Gasteiger partial charge in [0.05, 0.1) is 11.4 Å². The second kappa shape index (κ2) is 8.75. The van der Waals surface area contributed by atoms with E-state index in [9.17, 15) is 8.94 Å². The van der Waals surface area contributed by atoms with Gasteiger partial charge in [-0.2, -0.15) is 0 Å². The van der Waals surface area contributed by atoms with Crippen LogP contribution in [0.2, 0.25) is 0 Å². The van der Waals surface area contributed by atoms with Gasteiger partial charge < -0.3 is 14.8 Å². The van der Waals surface area contributed by atoms with Gasteiger partial charge in [-0.1, -0.05) is 18.2 Å². The molecule has 0 radical (unpaired) electrons. The van der Waals surface area contributed by atoms with Crippen LogP contribution in [0.5, 0.6) is 0 Å². The Morgan fingerprint density at radius 3 is 2.09 bits per heavy atom. The van der Waals surface area contributed by atoms with Gasteiger partial charge in [0.1, 0.15) is 5.82 Å². The van der Waals surface area contributed by atoms with E-state index in [4.69, 9.17) is 5.14 Å². The number of hydrogen-bond donors (Lipinski definition) is 2. The number of halogens is 1. The maximum absolute atomic E-state index is 12.6. The molecule has 1 unspecified atom stereocenters. The molecule has 0 spiro atoms. The molecule has 1 heterocycles. The summed E-state index contributed by atoms with van der Waals surface area (Å²) in [5.41, 5.74) is 1.11. The lowest BCUT2D eigenvalue weighted by molar-refractivity contribution is 0.587. The van der Waals surface area contributed by atoms with E-state index in [1.807, 2.05) is 18.2 Å². The van der Waals surface area contributed by atoms with Crippen molar-refractivity contribution in [1.29, 1.82) is 0 Å². The van der Waals surface area contributed by atoms with Gasteiger partial charge >= 0.3 is 0 Å². The zero-order valence-electron chi connectivity index (χ0n) is 12.2. The van der Waals surface area contributed by atoms with Crippen LogP contribution in [-0.2, 0) is 11.4 Å². The molecule has 2 aromatic rings. The van der Waals surface area contributed by atoms with Gasteiger partial charge in [0.2, 0.25) is 0 Å². The molecule has 0 bridgehead atoms. The first-order valence-corrected chi connectivity index (χ1v) is 8.30. The quantitative estimate of drug-likeness (QED) is 0.829. The Morgan fingerprint density at radius 1 is 1.00 bits per heavy atom. The predicted octanol–water partition coefficient (Wildman–Crippen LogP) is 1.90. The molecular weight excluding hydrogens is 301 g/mol. The van der Waals surface area contributed by atoms with Crippen LogP contribution in [-0.4, -0.2) is 30.7 Å². The highest BCUT2D eigenvalue weighted by atomic mass is 32.2. The van der Waals surface area contributed by atoms with Gasteiger partial charge in [0.15, 0.2) is 4.90 Å². The average molecular weight is 321 g/mol. The Morgan fingerprint density at radius 2 is 1.59 bits per heavy atom. The minimum atomic E-state index is -1.33. The Bertz CT molecular complexity index is 545. The minimum Gasteiger partial charge on any atom is -0.593 e. The summed E-state index contributed by atoms with van der Waals surface area (Å²) >= 11 is -1.33. The zero-order valence-corrected chi connectivity index (χ0v) is 13.1. The zero-order chi connectivity index (χ0) is 15.8. The lowest BCUT2D eigenvalue weighted by Crippen LogP contribution is -2.43. The Hall–Kier alpha value is -1.60. The summed E-state index contributed by atoms with van der Waals surface area (Å²) in [6.45, 7) is 4.03. The first-order chi connectivity index (χ1) is 10.7. The molecule has 118 valence electrons. The third-order valence-electron chi connectivity index (χ3n) is 3.28. The third-order valence-corrected chi connectivity index (χ3v) is 4.02. The minimum absolute atomic E-state index is 0.168. The third kappa shape index (κ3) is 5.31. The van der Waals surface area contributed by atoms with Crippen molar-refractivity contribution < 1.29 is 8.94 Å². The van der Waals surface area contributed by atoms with Crippen molar-refractivity contribution in [1.82, 2.24) is 5.32 Å². The monoisotopic (exact) mass is 321 g/mol. The molecule has 3 rings (SSSR count). The summed E-state index contributed by atoms with van der Waals surface area (Å²) in [4.78, 5) is 2.92. The van der Waals surface area contributed by atoms with Gasteiger partial charge in [0, 0.05) is 31.9 Å². The summed E-state index contributed by atoms with van der Waals surface area (Å²) in [6, 6.07) is 15.6. The number of anilines is 1. The first-order valence-electron chi connectivity index (χ1n) is 7.09. The molecule has 0 amide bonds. The molecule has 1 atom stereocenters. The lowest BCUT2D eigenvalue weighted by atomic mass is 10.2. The van der Waals surface area contributed by atoms with Crippen molar-refractivity contribution in [3.63, 3.8) is 0 Å². The van der Waals surface area contributed by atoms with Crippen molar-refractivity contribution >= 4 is 17.0 Å². The van der Waals surface area contributed by atoms with Crippen molar-refractivity contribution in [3.8, 4) is 0 Å².